The molecule has 0 unspecified atom stereocenters. The summed E-state index contributed by atoms with van der Waals surface area (Å²) in [6.07, 6.45) is 2.67. The molecule has 13 nitrogen and oxygen atoms in total. The lowest BCUT2D eigenvalue weighted by molar-refractivity contribution is -0.158. The van der Waals surface area contributed by atoms with Gasteiger partial charge in [0.1, 0.15) is 17.8 Å². The molecule has 1 atom stereocenters. The van der Waals surface area contributed by atoms with E-state index in [2.05, 4.69) is 15.3 Å². The van der Waals surface area contributed by atoms with Crippen molar-refractivity contribution in [2.24, 2.45) is 5.92 Å². The predicted octanol–water partition coefficient (Wildman–Crippen LogP) is 3.30. The Labute approximate surface area is 250 Å². The third-order valence-electron chi connectivity index (χ3n) is 7.10. The number of benzene rings is 1. The third kappa shape index (κ3) is 9.63. The molecular formula is C30H39N5O8. The van der Waals surface area contributed by atoms with E-state index in [1.165, 1.54) is 16.0 Å². The number of ether oxygens (including phenoxy) is 2. The molecule has 4 rings (SSSR count). The molecule has 43 heavy (non-hydrogen) atoms. The average molecular weight is 598 g/mol. The van der Waals surface area contributed by atoms with E-state index in [0.29, 0.717) is 11.4 Å². The fourth-order valence-electron chi connectivity index (χ4n) is 4.84. The van der Waals surface area contributed by atoms with Crippen LogP contribution in [0.15, 0.2) is 36.4 Å². The van der Waals surface area contributed by atoms with E-state index in [1.54, 1.807) is 0 Å². The molecule has 2 fully saturated rings. The van der Waals surface area contributed by atoms with E-state index in [4.69, 9.17) is 14.3 Å². The summed E-state index contributed by atoms with van der Waals surface area (Å²) in [5, 5.41) is 13.4. The molecule has 2 amide bonds. The van der Waals surface area contributed by atoms with Crippen LogP contribution in [0.2, 0.25) is 0 Å². The molecular weight excluding hydrogens is 558 g/mol. The Morgan fingerprint density at radius 3 is 2.37 bits per heavy atom. The van der Waals surface area contributed by atoms with Crippen molar-refractivity contribution in [3.8, 4) is 17.3 Å². The molecule has 2 N–H and O–H groups in total. The van der Waals surface area contributed by atoms with E-state index >= 15 is 0 Å². The van der Waals surface area contributed by atoms with Gasteiger partial charge in [0, 0.05) is 31.1 Å². The van der Waals surface area contributed by atoms with Crippen LogP contribution < -0.4 is 10.1 Å². The quantitative estimate of drug-likeness (QED) is 0.346. The van der Waals surface area contributed by atoms with Crippen molar-refractivity contribution in [2.75, 3.05) is 32.8 Å². The van der Waals surface area contributed by atoms with E-state index in [1.807, 2.05) is 44.2 Å². The first-order valence-corrected chi connectivity index (χ1v) is 14.7. The standard InChI is InChI=1S/C30H39N5O8/c1-20(2)19-41-30(40)43-35-16-14-34(15-17-35)29(39)23(12-13-26(36)37)32-28(38)24-18-25(42-22-10-6-7-11-22)33-27(31-24)21-8-4-3-5-9-21/h3-5,8-9,18,20,22-23H,6-7,10-17,19H2,1-2H3,(H,32,38)(H,36,37)/t23-/m0/s1. The summed E-state index contributed by atoms with van der Waals surface area (Å²) in [5.41, 5.74) is 0.702. The van der Waals surface area contributed by atoms with Gasteiger partial charge in [0.25, 0.3) is 5.91 Å². The van der Waals surface area contributed by atoms with Crippen LogP contribution in [0.4, 0.5) is 4.79 Å². The highest BCUT2D eigenvalue weighted by molar-refractivity contribution is 5.96. The lowest BCUT2D eigenvalue weighted by Crippen LogP contribution is -2.55. The molecule has 1 aromatic carbocycles. The molecule has 2 aliphatic rings. The molecule has 1 aliphatic heterocycles. The third-order valence-corrected chi connectivity index (χ3v) is 7.10. The molecule has 0 radical (unpaired) electrons. The number of carboxylic acids is 1. The molecule has 1 aliphatic carbocycles. The Morgan fingerprint density at radius 2 is 1.72 bits per heavy atom. The minimum atomic E-state index is -1.11. The minimum absolute atomic E-state index is 0.000892. The maximum atomic E-state index is 13.5. The molecule has 13 heteroatoms. The van der Waals surface area contributed by atoms with Crippen molar-refractivity contribution >= 4 is 23.9 Å². The van der Waals surface area contributed by atoms with Crippen LogP contribution in [-0.2, 0) is 19.2 Å². The number of aromatic nitrogens is 2. The molecule has 1 aromatic heterocycles. The normalized spacial score (nSPS) is 16.5. The van der Waals surface area contributed by atoms with Crippen LogP contribution in [-0.4, -0.2) is 93.9 Å². The van der Waals surface area contributed by atoms with Crippen molar-refractivity contribution in [3.63, 3.8) is 0 Å². The largest absolute Gasteiger partial charge is 0.527 e. The number of hydroxylamine groups is 2. The summed E-state index contributed by atoms with van der Waals surface area (Å²) in [4.78, 5) is 65.9. The number of carboxylic acid groups (broad SMARTS) is 1. The van der Waals surface area contributed by atoms with Crippen LogP contribution in [0.5, 0.6) is 5.88 Å². The second-order valence-corrected chi connectivity index (χ2v) is 11.1. The Bertz CT molecular complexity index is 1260. The number of carbonyl (C=O) groups excluding carboxylic acids is 3. The average Bonchev–Trinajstić information content (AvgIpc) is 3.51. The predicted molar refractivity (Wildman–Crippen MR) is 154 cm³/mol. The smallest absolute Gasteiger partial charge is 0.481 e. The van der Waals surface area contributed by atoms with Gasteiger partial charge in [0.15, 0.2) is 5.82 Å². The molecule has 1 saturated carbocycles. The van der Waals surface area contributed by atoms with Gasteiger partial charge in [-0.05, 0) is 38.0 Å². The molecule has 232 valence electrons. The van der Waals surface area contributed by atoms with Crippen molar-refractivity contribution in [1.29, 1.82) is 0 Å². The Balaban J connectivity index is 1.45. The fourth-order valence-corrected chi connectivity index (χ4v) is 4.84. The highest BCUT2D eigenvalue weighted by atomic mass is 16.8. The Morgan fingerprint density at radius 1 is 1.02 bits per heavy atom. The van der Waals surface area contributed by atoms with Crippen molar-refractivity contribution < 1.29 is 38.6 Å². The van der Waals surface area contributed by atoms with Gasteiger partial charge in [-0.15, -0.1) is 5.06 Å². The summed E-state index contributed by atoms with van der Waals surface area (Å²) in [6, 6.07) is 9.52. The van der Waals surface area contributed by atoms with Crippen molar-refractivity contribution in [3.05, 3.63) is 42.1 Å². The van der Waals surface area contributed by atoms with Gasteiger partial charge in [-0.2, -0.15) is 4.98 Å². The summed E-state index contributed by atoms with van der Waals surface area (Å²) in [6.45, 7) is 4.93. The first-order valence-electron chi connectivity index (χ1n) is 14.7. The first-order chi connectivity index (χ1) is 20.7. The number of piperazine rings is 1. The van der Waals surface area contributed by atoms with Gasteiger partial charge in [-0.25, -0.2) is 9.78 Å². The highest BCUT2D eigenvalue weighted by Crippen LogP contribution is 2.25. The summed E-state index contributed by atoms with van der Waals surface area (Å²) < 4.78 is 11.1. The van der Waals surface area contributed by atoms with Crippen LogP contribution >= 0.6 is 0 Å². The van der Waals surface area contributed by atoms with E-state index in [0.717, 1.165) is 25.7 Å². The minimum Gasteiger partial charge on any atom is -0.481 e. The number of hydrogen-bond donors (Lipinski definition) is 2. The molecule has 1 saturated heterocycles. The van der Waals surface area contributed by atoms with Crippen LogP contribution in [0.3, 0.4) is 0 Å². The van der Waals surface area contributed by atoms with E-state index in [9.17, 15) is 24.3 Å². The highest BCUT2D eigenvalue weighted by Gasteiger charge is 2.31. The van der Waals surface area contributed by atoms with Gasteiger partial charge in [-0.1, -0.05) is 44.2 Å². The molecule has 2 heterocycles. The van der Waals surface area contributed by atoms with Crippen LogP contribution in [0.25, 0.3) is 11.4 Å². The summed E-state index contributed by atoms with van der Waals surface area (Å²) >= 11 is 0. The van der Waals surface area contributed by atoms with Gasteiger partial charge >= 0.3 is 12.1 Å². The molecule has 0 spiro atoms. The van der Waals surface area contributed by atoms with Crippen LogP contribution in [0.1, 0.15) is 62.9 Å². The second kappa shape index (κ2) is 15.3. The number of aliphatic carboxylic acids is 1. The molecule has 2 aromatic rings. The van der Waals surface area contributed by atoms with Gasteiger partial charge in [0.2, 0.25) is 11.8 Å². The number of amides is 2. The summed E-state index contributed by atoms with van der Waals surface area (Å²) in [7, 11) is 0. The monoisotopic (exact) mass is 597 g/mol. The number of carbonyl (C=O) groups is 4. The summed E-state index contributed by atoms with van der Waals surface area (Å²) in [5.74, 6) is -1.43. The molecule has 0 bridgehead atoms. The van der Waals surface area contributed by atoms with Gasteiger partial charge in [-0.3, -0.25) is 14.4 Å². The van der Waals surface area contributed by atoms with Crippen LogP contribution in [0, 0.1) is 5.92 Å². The van der Waals surface area contributed by atoms with Gasteiger partial charge < -0.3 is 29.6 Å². The number of nitrogens with one attached hydrogen (secondary N) is 1. The lowest BCUT2D eigenvalue weighted by Gasteiger charge is -2.35. The van der Waals surface area contributed by atoms with E-state index in [-0.39, 0.29) is 69.2 Å². The first kappa shape index (κ1) is 31.7. The zero-order valence-electron chi connectivity index (χ0n) is 24.6. The second-order valence-electron chi connectivity index (χ2n) is 11.1. The fraction of sp³-hybridized carbons (Fsp3) is 0.533. The van der Waals surface area contributed by atoms with Gasteiger partial charge in [0.05, 0.1) is 19.7 Å². The number of hydrogen-bond acceptors (Lipinski definition) is 10. The number of rotatable bonds is 12. The maximum Gasteiger partial charge on any atom is 0.527 e. The number of nitrogens with zero attached hydrogens (tertiary/aromatic N) is 4. The zero-order chi connectivity index (χ0) is 30.8. The maximum absolute atomic E-state index is 13.5. The Hall–Kier alpha value is -4.26. The topological polar surface area (TPSA) is 160 Å². The van der Waals surface area contributed by atoms with Crippen molar-refractivity contribution in [1.82, 2.24) is 25.2 Å². The zero-order valence-corrected chi connectivity index (χ0v) is 24.6. The SMILES string of the molecule is CC(C)COC(=O)ON1CCN(C(=O)[C@H](CCC(=O)O)NC(=O)c2cc(OC3CCCC3)nc(-c3ccccc3)n2)CC1. The van der Waals surface area contributed by atoms with Crippen molar-refractivity contribution in [2.45, 2.75) is 64.5 Å². The van der Waals surface area contributed by atoms with E-state index < -0.39 is 30.0 Å². The Kier molecular flexibility index (Phi) is 11.3. The lowest BCUT2D eigenvalue weighted by atomic mass is 10.1.